The summed E-state index contributed by atoms with van der Waals surface area (Å²) < 4.78 is 2.09. The molecule has 0 spiro atoms. The summed E-state index contributed by atoms with van der Waals surface area (Å²) >= 11 is 0. The van der Waals surface area contributed by atoms with Crippen molar-refractivity contribution in [1.29, 1.82) is 0 Å². The minimum atomic E-state index is 0. The van der Waals surface area contributed by atoms with Gasteiger partial charge in [0.25, 0.3) is 0 Å². The third-order valence-electron chi connectivity index (χ3n) is 4.28. The monoisotopic (exact) mass is 401 g/mol. The third-order valence-corrected chi connectivity index (χ3v) is 4.28. The topological polar surface area (TPSA) is 30.2 Å². The molecule has 0 aliphatic carbocycles. The van der Waals surface area contributed by atoms with E-state index >= 15 is 0 Å². The number of aromatic nitrogens is 3. The Morgan fingerprint density at radius 1 is 1.12 bits per heavy atom. The van der Waals surface area contributed by atoms with Gasteiger partial charge in [0.2, 0.25) is 0 Å². The Morgan fingerprint density at radius 2 is 2.00 bits per heavy atom. The minimum Gasteiger partial charge on any atom is -0.307 e. The van der Waals surface area contributed by atoms with Gasteiger partial charge in [0.05, 0.1) is 0 Å². The van der Waals surface area contributed by atoms with Gasteiger partial charge in [-0.05, 0) is 18.6 Å². The van der Waals surface area contributed by atoms with Crippen LogP contribution in [0.25, 0.3) is 16.8 Å². The van der Waals surface area contributed by atoms with Crippen LogP contribution in [0.15, 0.2) is 61.2 Å². The van der Waals surface area contributed by atoms with E-state index in [1.54, 1.807) is 0 Å². The fourth-order valence-corrected chi connectivity index (χ4v) is 3.01. The zero-order valence-corrected chi connectivity index (χ0v) is 17.2. The predicted octanol–water partition coefficient (Wildman–Crippen LogP) is 4.40. The van der Waals surface area contributed by atoms with E-state index in [1.807, 2.05) is 30.7 Å². The summed E-state index contributed by atoms with van der Waals surface area (Å²) in [5, 5.41) is 0. The van der Waals surface area contributed by atoms with E-state index in [-0.39, 0.29) is 32.7 Å². The summed E-state index contributed by atoms with van der Waals surface area (Å²) in [4.78, 5) is 9.06. The van der Waals surface area contributed by atoms with E-state index in [4.69, 9.17) is 0 Å². The van der Waals surface area contributed by atoms with Gasteiger partial charge in [-0.25, -0.2) is 4.98 Å². The van der Waals surface area contributed by atoms with Gasteiger partial charge < -0.3 is 4.40 Å². The van der Waals surface area contributed by atoms with Crippen molar-refractivity contribution in [3.05, 3.63) is 89.6 Å². The van der Waals surface area contributed by atoms with Crippen LogP contribution in [0.2, 0.25) is 0 Å². The molecule has 1 radical (unpaired) electrons. The Bertz CT molecular complexity index is 1000. The van der Waals surface area contributed by atoms with Crippen LogP contribution in [0.1, 0.15) is 22.4 Å². The van der Waals surface area contributed by atoms with Crippen LogP contribution < -0.4 is 0 Å². The number of nitrogens with zero attached hydrogens (tertiary/aromatic N) is 3. The quantitative estimate of drug-likeness (QED) is 0.477. The number of rotatable bonds is 3. The van der Waals surface area contributed by atoms with Gasteiger partial charge in [-0.2, -0.15) is 29.8 Å². The fourth-order valence-electron chi connectivity index (χ4n) is 3.01. The molecule has 0 bridgehead atoms. The molecule has 1 aromatic carbocycles. The van der Waals surface area contributed by atoms with Crippen LogP contribution in [0, 0.1) is 19.9 Å². The first-order chi connectivity index (χ1) is 11.7. The van der Waals surface area contributed by atoms with E-state index < -0.39 is 0 Å². The number of hydrogen-bond donors (Lipinski definition) is 0. The summed E-state index contributed by atoms with van der Waals surface area (Å²) in [7, 11) is 0. The van der Waals surface area contributed by atoms with Gasteiger partial charge in [-0.1, -0.05) is 24.6 Å². The van der Waals surface area contributed by atoms with E-state index in [1.165, 1.54) is 22.3 Å². The second-order valence-electron chi connectivity index (χ2n) is 6.12. The van der Waals surface area contributed by atoms with E-state index in [9.17, 15) is 0 Å². The molecule has 0 atom stereocenters. The molecule has 121 valence electrons. The minimum absolute atomic E-state index is 0. The number of hydrogen-bond acceptors (Lipinski definition) is 2. The predicted molar refractivity (Wildman–Crippen MR) is 96.0 cm³/mol. The fraction of sp³-hybridized carbons (Fsp3) is 0.143. The van der Waals surface area contributed by atoms with Crippen molar-refractivity contribution in [1.82, 2.24) is 14.4 Å². The van der Waals surface area contributed by atoms with Crippen LogP contribution in [0.3, 0.4) is 0 Å². The van der Waals surface area contributed by atoms with Crippen molar-refractivity contribution < 1.29 is 32.7 Å². The average Bonchev–Trinajstić information content (AvgIpc) is 3.06. The van der Waals surface area contributed by atoms with Crippen molar-refractivity contribution in [2.75, 3.05) is 0 Å². The molecule has 3 heterocycles. The van der Waals surface area contributed by atoms with Gasteiger partial charge in [-0.3, -0.25) is 4.98 Å². The molecule has 0 N–H and O–H groups in total. The average molecular weight is 401 g/mol. The first kappa shape index (κ1) is 18.0. The zero-order valence-electron chi connectivity index (χ0n) is 14.4. The van der Waals surface area contributed by atoms with Gasteiger partial charge in [0.15, 0.2) is 0 Å². The maximum Gasteiger partial charge on any atom is 0.140 e. The summed E-state index contributed by atoms with van der Waals surface area (Å²) in [6.07, 6.45) is 8.65. The molecule has 0 saturated heterocycles. The SMILES string of the molecule is Cc1ccc(Cc2cc(-c3ccc[c-]c3C)cn3ccnc23)nc1.[Y]. The Hall–Kier alpha value is -1.84. The molecule has 3 nitrogen and oxygen atoms in total. The van der Waals surface area contributed by atoms with Gasteiger partial charge in [-0.15, -0.1) is 5.56 Å². The summed E-state index contributed by atoms with van der Waals surface area (Å²) in [6, 6.07) is 15.8. The number of imidazole rings is 1. The molecule has 0 saturated carbocycles. The molecule has 0 aliphatic heterocycles. The van der Waals surface area contributed by atoms with Crippen molar-refractivity contribution in [3.8, 4) is 11.1 Å². The molecule has 0 aliphatic rings. The van der Waals surface area contributed by atoms with E-state index in [0.29, 0.717) is 0 Å². The largest absolute Gasteiger partial charge is 0.307 e. The van der Waals surface area contributed by atoms with Crippen molar-refractivity contribution >= 4 is 5.65 Å². The molecule has 3 aromatic heterocycles. The number of aryl methyl sites for hydroxylation is 2. The maximum absolute atomic E-state index is 4.54. The molecular weight excluding hydrogens is 383 g/mol. The maximum atomic E-state index is 4.54. The summed E-state index contributed by atoms with van der Waals surface area (Å²) in [5.74, 6) is 0. The van der Waals surface area contributed by atoms with Crippen molar-refractivity contribution in [3.63, 3.8) is 0 Å². The Morgan fingerprint density at radius 3 is 2.76 bits per heavy atom. The standard InChI is InChI=1S/C21H18N3.Y/c1-15-7-8-19(23-13-15)12-17-11-18(14-24-10-9-22-21(17)24)20-6-4-3-5-16(20)2;/h3-4,6-11,13-14H,12H2,1-2H3;/q-1;. The van der Waals surface area contributed by atoms with Crippen LogP contribution in [-0.2, 0) is 39.1 Å². The first-order valence-electron chi connectivity index (χ1n) is 8.05. The summed E-state index contributed by atoms with van der Waals surface area (Å²) in [5.41, 5.74) is 7.92. The second-order valence-corrected chi connectivity index (χ2v) is 6.12. The molecule has 4 rings (SSSR count). The molecular formula is C21H18N3Y-. The summed E-state index contributed by atoms with van der Waals surface area (Å²) in [6.45, 7) is 4.15. The smallest absolute Gasteiger partial charge is 0.140 e. The van der Waals surface area contributed by atoms with Gasteiger partial charge >= 0.3 is 0 Å². The third kappa shape index (κ3) is 3.73. The molecule has 4 aromatic rings. The molecule has 0 unspecified atom stereocenters. The van der Waals surface area contributed by atoms with Crippen LogP contribution in [0.4, 0.5) is 0 Å². The van der Waals surface area contributed by atoms with Crippen LogP contribution in [-0.4, -0.2) is 14.4 Å². The van der Waals surface area contributed by atoms with Crippen molar-refractivity contribution in [2.45, 2.75) is 20.3 Å². The number of pyridine rings is 2. The van der Waals surface area contributed by atoms with E-state index in [0.717, 1.165) is 23.3 Å². The molecule has 25 heavy (non-hydrogen) atoms. The Balaban J connectivity index is 0.00000182. The van der Waals surface area contributed by atoms with Gasteiger partial charge in [0.1, 0.15) is 5.65 Å². The Labute approximate surface area is 173 Å². The number of benzene rings is 1. The normalized spacial score (nSPS) is 10.6. The molecule has 0 amide bonds. The van der Waals surface area contributed by atoms with Gasteiger partial charge in [0, 0.05) is 75.2 Å². The van der Waals surface area contributed by atoms with Crippen LogP contribution in [0.5, 0.6) is 0 Å². The first-order valence-corrected chi connectivity index (χ1v) is 8.05. The second kappa shape index (κ2) is 7.59. The van der Waals surface area contributed by atoms with Crippen molar-refractivity contribution in [2.24, 2.45) is 0 Å². The number of fused-ring (bicyclic) bond motifs is 1. The Kier molecular flexibility index (Phi) is 5.46. The molecule has 4 heteroatoms. The molecule has 0 fully saturated rings. The zero-order chi connectivity index (χ0) is 16.5. The van der Waals surface area contributed by atoms with E-state index in [2.05, 4.69) is 64.7 Å². The van der Waals surface area contributed by atoms with Crippen LogP contribution >= 0.6 is 0 Å².